The third kappa shape index (κ3) is 4.94. The Morgan fingerprint density at radius 3 is 2.61 bits per heavy atom. The van der Waals surface area contributed by atoms with Crippen LogP contribution in [0.1, 0.15) is 60.3 Å². The van der Waals surface area contributed by atoms with E-state index >= 15 is 0 Å². The number of allylic oxidation sites excluding steroid dienone is 3. The van der Waals surface area contributed by atoms with E-state index in [1.54, 1.807) is 6.92 Å². The summed E-state index contributed by atoms with van der Waals surface area (Å²) in [7, 11) is 0. The van der Waals surface area contributed by atoms with Crippen molar-refractivity contribution in [3.05, 3.63) is 23.8 Å². The number of hydrogen-bond donors (Lipinski definition) is 1. The summed E-state index contributed by atoms with van der Waals surface area (Å²) in [5, 5.41) is 3.72. The van der Waals surface area contributed by atoms with E-state index in [0.29, 0.717) is 23.4 Å². The Balaban J connectivity index is 1.85. The summed E-state index contributed by atoms with van der Waals surface area (Å²) in [5.41, 5.74) is 1.88. The van der Waals surface area contributed by atoms with Crippen LogP contribution in [0.3, 0.4) is 0 Å². The summed E-state index contributed by atoms with van der Waals surface area (Å²) in [4.78, 5) is 13.3. The van der Waals surface area contributed by atoms with Gasteiger partial charge < -0.3 is 10.2 Å². The highest BCUT2D eigenvalue weighted by molar-refractivity contribution is 5.73. The molecule has 1 N–H and O–H groups in total. The van der Waals surface area contributed by atoms with Gasteiger partial charge in [-0.05, 0) is 44.9 Å². The summed E-state index contributed by atoms with van der Waals surface area (Å²) < 4.78 is 0. The van der Waals surface area contributed by atoms with Crippen LogP contribution in [-0.2, 0) is 4.79 Å². The Labute approximate surface area is 142 Å². The molecule has 0 radical (unpaired) electrons. The van der Waals surface area contributed by atoms with Crippen LogP contribution < -0.4 is 5.32 Å². The second-order valence-electron chi connectivity index (χ2n) is 8.07. The molecule has 2 atom stereocenters. The Hall–Kier alpha value is -1.09. The Bertz CT molecular complexity index is 470. The average Bonchev–Trinajstić information content (AvgIpc) is 2.46. The van der Waals surface area contributed by atoms with Gasteiger partial charge in [-0.15, -0.1) is 0 Å². The molecule has 2 aliphatic rings. The maximum atomic E-state index is 11.4. The molecule has 1 aliphatic carbocycles. The fraction of sp³-hybridized carbons (Fsp3) is 0.750. The van der Waals surface area contributed by atoms with Gasteiger partial charge in [-0.1, -0.05) is 37.6 Å². The smallest absolute Gasteiger partial charge is 0.219 e. The van der Waals surface area contributed by atoms with E-state index in [4.69, 9.17) is 0 Å². The van der Waals surface area contributed by atoms with E-state index in [2.05, 4.69) is 51.2 Å². The topological polar surface area (TPSA) is 32.3 Å². The SMILES string of the molecule is CC(=O)N1CCC(NC(C)C=CC2C(C)=CCCC2(C)C)CC1. The van der Waals surface area contributed by atoms with Gasteiger partial charge in [0.2, 0.25) is 5.91 Å². The Kier molecular flexibility index (Phi) is 6.07. The first-order valence-electron chi connectivity index (χ1n) is 9.16. The third-order valence-corrected chi connectivity index (χ3v) is 5.62. The van der Waals surface area contributed by atoms with Gasteiger partial charge in [-0.3, -0.25) is 4.79 Å². The normalized spacial score (nSPS) is 27.1. The molecule has 0 spiro atoms. The molecule has 1 fully saturated rings. The molecular weight excluding hydrogens is 284 g/mol. The molecule has 2 rings (SSSR count). The van der Waals surface area contributed by atoms with Crippen LogP contribution in [0.5, 0.6) is 0 Å². The zero-order chi connectivity index (χ0) is 17.0. The molecule has 0 aromatic heterocycles. The van der Waals surface area contributed by atoms with Gasteiger partial charge in [0, 0.05) is 38.0 Å². The number of nitrogens with zero attached hydrogens (tertiary/aromatic N) is 1. The summed E-state index contributed by atoms with van der Waals surface area (Å²) in [5.74, 6) is 0.762. The first-order chi connectivity index (χ1) is 10.8. The predicted octanol–water partition coefficient (Wildman–Crippen LogP) is 3.91. The molecule has 1 aliphatic heterocycles. The fourth-order valence-corrected chi connectivity index (χ4v) is 4.05. The van der Waals surface area contributed by atoms with Crippen molar-refractivity contribution in [2.24, 2.45) is 11.3 Å². The minimum atomic E-state index is 0.207. The van der Waals surface area contributed by atoms with Crippen molar-refractivity contribution in [1.82, 2.24) is 10.2 Å². The van der Waals surface area contributed by atoms with Crippen molar-refractivity contribution in [2.45, 2.75) is 72.4 Å². The third-order valence-electron chi connectivity index (χ3n) is 5.62. The molecule has 3 nitrogen and oxygen atoms in total. The van der Waals surface area contributed by atoms with Gasteiger partial charge in [0.25, 0.3) is 0 Å². The minimum absolute atomic E-state index is 0.207. The van der Waals surface area contributed by atoms with Crippen molar-refractivity contribution in [2.75, 3.05) is 13.1 Å². The predicted molar refractivity (Wildman–Crippen MR) is 97.3 cm³/mol. The fourth-order valence-electron chi connectivity index (χ4n) is 4.05. The van der Waals surface area contributed by atoms with Crippen LogP contribution in [0.4, 0.5) is 0 Å². The summed E-state index contributed by atoms with van der Waals surface area (Å²) in [6.07, 6.45) is 11.8. The lowest BCUT2D eigenvalue weighted by atomic mass is 9.68. The van der Waals surface area contributed by atoms with Gasteiger partial charge >= 0.3 is 0 Å². The van der Waals surface area contributed by atoms with E-state index in [0.717, 1.165) is 25.9 Å². The van der Waals surface area contributed by atoms with Crippen LogP contribution >= 0.6 is 0 Å². The number of carbonyl (C=O) groups is 1. The minimum Gasteiger partial charge on any atom is -0.343 e. The number of carbonyl (C=O) groups excluding carboxylic acids is 1. The van der Waals surface area contributed by atoms with Crippen LogP contribution in [-0.4, -0.2) is 36.0 Å². The second kappa shape index (κ2) is 7.65. The zero-order valence-electron chi connectivity index (χ0n) is 15.6. The maximum Gasteiger partial charge on any atom is 0.219 e. The quantitative estimate of drug-likeness (QED) is 0.797. The molecule has 0 bridgehead atoms. The molecule has 0 aromatic rings. The number of hydrogen-bond acceptors (Lipinski definition) is 2. The van der Waals surface area contributed by atoms with Crippen LogP contribution in [0.15, 0.2) is 23.8 Å². The molecular formula is C20H34N2O. The maximum absolute atomic E-state index is 11.4. The first-order valence-corrected chi connectivity index (χ1v) is 9.16. The monoisotopic (exact) mass is 318 g/mol. The average molecular weight is 319 g/mol. The van der Waals surface area contributed by atoms with Gasteiger partial charge in [-0.2, -0.15) is 0 Å². The lowest BCUT2D eigenvalue weighted by Gasteiger charge is -2.37. The van der Waals surface area contributed by atoms with Crippen LogP contribution in [0.25, 0.3) is 0 Å². The van der Waals surface area contributed by atoms with Crippen LogP contribution in [0.2, 0.25) is 0 Å². The molecule has 3 heteroatoms. The number of piperidine rings is 1. The number of likely N-dealkylation sites (tertiary alicyclic amines) is 1. The molecule has 0 aromatic carbocycles. The van der Waals surface area contributed by atoms with Gasteiger partial charge in [0.05, 0.1) is 0 Å². The largest absolute Gasteiger partial charge is 0.343 e. The zero-order valence-corrected chi connectivity index (χ0v) is 15.6. The molecule has 1 amide bonds. The van der Waals surface area contributed by atoms with Crippen molar-refractivity contribution in [3.63, 3.8) is 0 Å². The molecule has 23 heavy (non-hydrogen) atoms. The lowest BCUT2D eigenvalue weighted by Crippen LogP contribution is -2.46. The standard InChI is InChI=1S/C20H34N2O/c1-15-7-6-12-20(4,5)19(15)9-8-16(2)21-18-10-13-22(14-11-18)17(3)23/h7-9,16,18-19,21H,6,10-14H2,1-5H3. The Morgan fingerprint density at radius 1 is 1.39 bits per heavy atom. The van der Waals surface area contributed by atoms with Crippen molar-refractivity contribution in [1.29, 1.82) is 0 Å². The van der Waals surface area contributed by atoms with E-state index in [1.807, 2.05) is 4.90 Å². The van der Waals surface area contributed by atoms with Gasteiger partial charge in [0.1, 0.15) is 0 Å². The molecule has 2 unspecified atom stereocenters. The molecule has 130 valence electrons. The highest BCUT2D eigenvalue weighted by atomic mass is 16.2. The van der Waals surface area contributed by atoms with E-state index in [1.165, 1.54) is 18.4 Å². The summed E-state index contributed by atoms with van der Waals surface area (Å²) in [6, 6.07) is 0.913. The molecule has 1 saturated heterocycles. The van der Waals surface area contributed by atoms with Crippen LogP contribution in [0, 0.1) is 11.3 Å². The number of nitrogens with one attached hydrogen (secondary N) is 1. The molecule has 1 heterocycles. The van der Waals surface area contributed by atoms with Gasteiger partial charge in [-0.25, -0.2) is 0 Å². The second-order valence-corrected chi connectivity index (χ2v) is 8.07. The highest BCUT2D eigenvalue weighted by Gasteiger charge is 2.30. The van der Waals surface area contributed by atoms with Crippen molar-refractivity contribution < 1.29 is 4.79 Å². The van der Waals surface area contributed by atoms with E-state index < -0.39 is 0 Å². The van der Waals surface area contributed by atoms with E-state index in [-0.39, 0.29) is 5.91 Å². The van der Waals surface area contributed by atoms with Gasteiger partial charge in [0.15, 0.2) is 0 Å². The number of rotatable bonds is 4. The summed E-state index contributed by atoms with van der Waals surface area (Å²) >= 11 is 0. The van der Waals surface area contributed by atoms with Crippen molar-refractivity contribution >= 4 is 5.91 Å². The van der Waals surface area contributed by atoms with Crippen molar-refractivity contribution in [3.8, 4) is 0 Å². The molecule has 0 saturated carbocycles. The Morgan fingerprint density at radius 2 is 2.04 bits per heavy atom. The highest BCUT2D eigenvalue weighted by Crippen LogP contribution is 2.41. The number of amides is 1. The lowest BCUT2D eigenvalue weighted by molar-refractivity contribution is -0.129. The van der Waals surface area contributed by atoms with E-state index in [9.17, 15) is 4.79 Å². The summed E-state index contributed by atoms with van der Waals surface area (Å²) in [6.45, 7) is 12.7. The first kappa shape index (κ1) is 18.3.